The Morgan fingerprint density at radius 2 is 2.00 bits per heavy atom. The monoisotopic (exact) mass is 138 g/mol. The molecule has 0 aliphatic heterocycles. The van der Waals surface area contributed by atoms with E-state index in [4.69, 9.17) is 11.6 Å². The van der Waals surface area contributed by atoms with Crippen LogP contribution in [0.4, 0.5) is 0 Å². The fourth-order valence-electron chi connectivity index (χ4n) is 0.667. The fourth-order valence-corrected chi connectivity index (χ4v) is 0.667. The summed E-state index contributed by atoms with van der Waals surface area (Å²) >= 11 is 0. The molecule has 4 nitrogen and oxygen atoms in total. The zero-order valence-corrected chi connectivity index (χ0v) is 5.49. The van der Waals surface area contributed by atoms with E-state index in [1.807, 2.05) is 12.1 Å². The van der Waals surface area contributed by atoms with Gasteiger partial charge in [0, 0.05) is 12.4 Å². The second-order valence-electron chi connectivity index (χ2n) is 1.92. The Balaban J connectivity index is 2.75. The Morgan fingerprint density at radius 1 is 1.40 bits per heavy atom. The van der Waals surface area contributed by atoms with Gasteiger partial charge in [0.25, 0.3) is 0 Å². The third kappa shape index (κ3) is 1.51. The molecule has 4 heteroatoms. The molecular formula is C6H10N4. The maximum Gasteiger partial charge on any atom is 0.0937 e. The molecule has 1 atom stereocenters. The average molecular weight is 138 g/mol. The lowest BCUT2D eigenvalue weighted by molar-refractivity contribution is 0.576. The van der Waals surface area contributed by atoms with Gasteiger partial charge in [-0.15, -0.1) is 0 Å². The molecule has 10 heavy (non-hydrogen) atoms. The number of nitrogens with two attached hydrogens (primary N) is 2. The molecule has 5 N–H and O–H groups in total. The van der Waals surface area contributed by atoms with Crippen molar-refractivity contribution in [2.75, 3.05) is 0 Å². The van der Waals surface area contributed by atoms with Gasteiger partial charge in [0.15, 0.2) is 0 Å². The van der Waals surface area contributed by atoms with Crippen molar-refractivity contribution in [1.82, 2.24) is 10.4 Å². The molecule has 0 radical (unpaired) electrons. The zero-order valence-electron chi connectivity index (χ0n) is 5.49. The number of aromatic nitrogens is 1. The van der Waals surface area contributed by atoms with Gasteiger partial charge in [-0.25, -0.2) is 5.43 Å². The summed E-state index contributed by atoms with van der Waals surface area (Å²) in [5.41, 5.74) is 8.89. The summed E-state index contributed by atoms with van der Waals surface area (Å²) in [4.78, 5) is 3.84. The highest BCUT2D eigenvalue weighted by Crippen LogP contribution is 2.02. The van der Waals surface area contributed by atoms with Crippen molar-refractivity contribution in [1.29, 1.82) is 0 Å². The molecule has 1 rings (SSSR count). The van der Waals surface area contributed by atoms with E-state index in [0.29, 0.717) is 0 Å². The van der Waals surface area contributed by atoms with Crippen LogP contribution in [0.1, 0.15) is 11.7 Å². The fraction of sp³-hybridized carbons (Fsp3) is 0.167. The van der Waals surface area contributed by atoms with Crippen molar-refractivity contribution < 1.29 is 0 Å². The third-order valence-electron chi connectivity index (χ3n) is 1.24. The molecular weight excluding hydrogens is 128 g/mol. The minimum absolute atomic E-state index is 0.303. The quantitative estimate of drug-likeness (QED) is 0.292. The minimum Gasteiger partial charge on any atom is -0.311 e. The summed E-state index contributed by atoms with van der Waals surface area (Å²) in [6.07, 6.45) is 3.04. The second kappa shape index (κ2) is 3.26. The number of pyridine rings is 1. The highest BCUT2D eigenvalue weighted by Gasteiger charge is 1.99. The van der Waals surface area contributed by atoms with Gasteiger partial charge in [-0.1, -0.05) is 0 Å². The van der Waals surface area contributed by atoms with Gasteiger partial charge < -0.3 is 5.73 Å². The molecule has 54 valence electrons. The molecule has 1 unspecified atom stereocenters. The highest BCUT2D eigenvalue weighted by atomic mass is 15.3. The normalized spacial score (nSPS) is 13.0. The molecule has 0 saturated carbocycles. The number of nitrogens with one attached hydrogen (secondary N) is 1. The average Bonchev–Trinajstić information content (AvgIpc) is 2.05. The van der Waals surface area contributed by atoms with E-state index in [1.54, 1.807) is 12.4 Å². The van der Waals surface area contributed by atoms with Crippen LogP contribution in [-0.2, 0) is 0 Å². The van der Waals surface area contributed by atoms with Crippen molar-refractivity contribution in [2.45, 2.75) is 6.17 Å². The largest absolute Gasteiger partial charge is 0.311 e. The maximum atomic E-state index is 5.53. The summed E-state index contributed by atoms with van der Waals surface area (Å²) in [6.45, 7) is 0. The van der Waals surface area contributed by atoms with E-state index in [-0.39, 0.29) is 6.17 Å². The van der Waals surface area contributed by atoms with Crippen LogP contribution in [0.2, 0.25) is 0 Å². The van der Waals surface area contributed by atoms with Crippen molar-refractivity contribution in [2.24, 2.45) is 11.6 Å². The standard InChI is InChI=1S/C6H10N4/c7-6(10-8)5-1-3-9-4-2-5/h1-4,6,10H,7-8H2. The van der Waals surface area contributed by atoms with Gasteiger partial charge >= 0.3 is 0 Å². The van der Waals surface area contributed by atoms with Crippen LogP contribution in [0.15, 0.2) is 24.5 Å². The first-order valence-corrected chi connectivity index (χ1v) is 2.96. The smallest absolute Gasteiger partial charge is 0.0937 e. The number of hydrogen-bond acceptors (Lipinski definition) is 4. The molecule has 1 aromatic rings. The lowest BCUT2D eigenvalue weighted by Gasteiger charge is -2.08. The minimum atomic E-state index is -0.303. The van der Waals surface area contributed by atoms with Gasteiger partial charge in [0.2, 0.25) is 0 Å². The van der Waals surface area contributed by atoms with Crippen molar-refractivity contribution >= 4 is 0 Å². The van der Waals surface area contributed by atoms with Crippen molar-refractivity contribution in [3.8, 4) is 0 Å². The van der Waals surface area contributed by atoms with Gasteiger partial charge in [-0.2, -0.15) is 0 Å². The van der Waals surface area contributed by atoms with E-state index in [0.717, 1.165) is 5.56 Å². The summed E-state index contributed by atoms with van der Waals surface area (Å²) < 4.78 is 0. The summed E-state index contributed by atoms with van der Waals surface area (Å²) in [5, 5.41) is 0. The molecule has 0 amide bonds. The SMILES string of the molecule is NNC(N)c1ccncc1. The van der Waals surface area contributed by atoms with E-state index in [2.05, 4.69) is 10.4 Å². The molecule has 1 heterocycles. The first-order chi connectivity index (χ1) is 4.84. The first-order valence-electron chi connectivity index (χ1n) is 2.96. The van der Waals surface area contributed by atoms with E-state index in [1.165, 1.54) is 0 Å². The predicted molar refractivity (Wildman–Crippen MR) is 38.5 cm³/mol. The highest BCUT2D eigenvalue weighted by molar-refractivity contribution is 5.12. The number of nitrogens with zero attached hydrogens (tertiary/aromatic N) is 1. The number of rotatable bonds is 2. The molecule has 0 aliphatic rings. The Kier molecular flexibility index (Phi) is 2.33. The first kappa shape index (κ1) is 7.14. The summed E-state index contributed by atoms with van der Waals surface area (Å²) in [7, 11) is 0. The van der Waals surface area contributed by atoms with Crippen molar-refractivity contribution in [3.05, 3.63) is 30.1 Å². The van der Waals surface area contributed by atoms with E-state index < -0.39 is 0 Å². The molecule has 0 spiro atoms. The van der Waals surface area contributed by atoms with Gasteiger partial charge in [0.05, 0.1) is 6.17 Å². The molecule has 1 aromatic heterocycles. The molecule has 0 bridgehead atoms. The van der Waals surface area contributed by atoms with Gasteiger partial charge in [-0.05, 0) is 17.7 Å². The third-order valence-corrected chi connectivity index (χ3v) is 1.24. The molecule has 0 aromatic carbocycles. The van der Waals surface area contributed by atoms with Crippen LogP contribution < -0.4 is 17.0 Å². The number of hydrazine groups is 1. The molecule has 0 fully saturated rings. The topological polar surface area (TPSA) is 77.0 Å². The van der Waals surface area contributed by atoms with E-state index in [9.17, 15) is 0 Å². The maximum absolute atomic E-state index is 5.53. The van der Waals surface area contributed by atoms with Crippen LogP contribution in [0.25, 0.3) is 0 Å². The molecule has 0 aliphatic carbocycles. The summed E-state index contributed by atoms with van der Waals surface area (Å²) in [5.74, 6) is 5.11. The number of hydrogen-bond donors (Lipinski definition) is 3. The summed E-state index contributed by atoms with van der Waals surface area (Å²) in [6, 6.07) is 3.62. The molecule has 0 saturated heterocycles. The van der Waals surface area contributed by atoms with Crippen LogP contribution in [0.3, 0.4) is 0 Å². The van der Waals surface area contributed by atoms with Crippen LogP contribution in [0.5, 0.6) is 0 Å². The van der Waals surface area contributed by atoms with Crippen molar-refractivity contribution in [3.63, 3.8) is 0 Å². The van der Waals surface area contributed by atoms with Crippen LogP contribution in [0, 0.1) is 0 Å². The van der Waals surface area contributed by atoms with Crippen LogP contribution in [-0.4, -0.2) is 4.98 Å². The Labute approximate surface area is 59.2 Å². The van der Waals surface area contributed by atoms with E-state index >= 15 is 0 Å². The lowest BCUT2D eigenvalue weighted by atomic mass is 10.2. The van der Waals surface area contributed by atoms with Gasteiger partial charge in [-0.3, -0.25) is 10.8 Å². The lowest BCUT2D eigenvalue weighted by Crippen LogP contribution is -2.33. The predicted octanol–water partition coefficient (Wildman–Crippen LogP) is -0.498. The second-order valence-corrected chi connectivity index (χ2v) is 1.92. The zero-order chi connectivity index (χ0) is 7.40. The van der Waals surface area contributed by atoms with Crippen LogP contribution >= 0.6 is 0 Å². The Morgan fingerprint density at radius 3 is 2.50 bits per heavy atom. The Hall–Kier alpha value is -0.970. The Bertz CT molecular complexity index is 186. The van der Waals surface area contributed by atoms with Gasteiger partial charge in [0.1, 0.15) is 0 Å².